The molecule has 0 aliphatic carbocycles. The number of amides is 1. The van der Waals surface area contributed by atoms with Gasteiger partial charge in [-0.15, -0.1) is 0 Å². The van der Waals surface area contributed by atoms with Crippen molar-refractivity contribution in [3.05, 3.63) is 0 Å². The first kappa shape index (κ1) is 10.4. The topological polar surface area (TPSA) is 46.2 Å². The van der Waals surface area contributed by atoms with Crippen LogP contribution in [0.5, 0.6) is 0 Å². The van der Waals surface area contributed by atoms with Crippen molar-refractivity contribution in [3.8, 4) is 0 Å². The second kappa shape index (κ2) is 4.34. The van der Waals surface area contributed by atoms with Crippen molar-refractivity contribution in [2.75, 3.05) is 0 Å². The number of hydrogen-bond acceptors (Lipinski definition) is 2. The zero-order valence-electron chi connectivity index (χ0n) is 6.69. The summed E-state index contributed by atoms with van der Waals surface area (Å²) >= 11 is 5.18. The minimum absolute atomic E-state index is 0.170. The van der Waals surface area contributed by atoms with E-state index in [9.17, 15) is 9.59 Å². The Labute approximate surface area is 71.1 Å². The van der Waals surface area contributed by atoms with E-state index < -0.39 is 10.8 Å². The summed E-state index contributed by atoms with van der Waals surface area (Å²) in [6, 6.07) is 0. The molecule has 0 radical (unpaired) electrons. The van der Waals surface area contributed by atoms with E-state index in [1.165, 1.54) is 0 Å². The third kappa shape index (κ3) is 3.98. The Morgan fingerprint density at radius 3 is 2.55 bits per heavy atom. The lowest BCUT2D eigenvalue weighted by Crippen LogP contribution is -2.42. The fourth-order valence-electron chi connectivity index (χ4n) is 0.727. The van der Waals surface area contributed by atoms with Crippen LogP contribution in [-0.2, 0) is 9.59 Å². The Balaban J connectivity index is 4.08. The first-order valence-electron chi connectivity index (χ1n) is 3.44. The second-order valence-electron chi connectivity index (χ2n) is 2.71. The summed E-state index contributed by atoms with van der Waals surface area (Å²) in [6.45, 7) is 3.66. The molecule has 0 aliphatic heterocycles. The van der Waals surface area contributed by atoms with Crippen molar-refractivity contribution in [1.29, 1.82) is 0 Å². The van der Waals surface area contributed by atoms with E-state index in [1.54, 1.807) is 6.92 Å². The van der Waals surface area contributed by atoms with E-state index in [2.05, 4.69) is 5.32 Å². The van der Waals surface area contributed by atoms with Gasteiger partial charge in [0.1, 0.15) is 0 Å². The molecule has 0 rings (SSSR count). The fraction of sp³-hybridized carbons (Fsp3) is 0.714. The van der Waals surface area contributed by atoms with Crippen molar-refractivity contribution >= 4 is 23.3 Å². The zero-order valence-corrected chi connectivity index (χ0v) is 7.44. The van der Waals surface area contributed by atoms with E-state index in [0.29, 0.717) is 12.8 Å². The molecule has 11 heavy (non-hydrogen) atoms. The number of hydrogen-bond donors (Lipinski definition) is 1. The van der Waals surface area contributed by atoms with Gasteiger partial charge in [0.25, 0.3) is 0 Å². The Hall–Kier alpha value is -0.570. The first-order valence-corrected chi connectivity index (χ1v) is 3.81. The SMILES string of the molecule is CCC(C)(CC(=O)Cl)NC=O. The average Bonchev–Trinajstić information content (AvgIpc) is 1.87. The Morgan fingerprint density at radius 1 is 1.73 bits per heavy atom. The molecule has 0 fully saturated rings. The maximum atomic E-state index is 10.5. The monoisotopic (exact) mass is 177 g/mol. The van der Waals surface area contributed by atoms with Gasteiger partial charge in [0.15, 0.2) is 0 Å². The molecule has 1 amide bonds. The van der Waals surface area contributed by atoms with Gasteiger partial charge in [-0.3, -0.25) is 9.59 Å². The van der Waals surface area contributed by atoms with Crippen LogP contribution in [0.4, 0.5) is 0 Å². The first-order chi connectivity index (χ1) is 5.04. The van der Waals surface area contributed by atoms with Gasteiger partial charge < -0.3 is 5.32 Å². The van der Waals surface area contributed by atoms with E-state index in [1.807, 2.05) is 6.92 Å². The van der Waals surface area contributed by atoms with Crippen LogP contribution < -0.4 is 5.32 Å². The zero-order chi connectivity index (χ0) is 8.91. The predicted octanol–water partition coefficient (Wildman–Crippen LogP) is 1.06. The highest BCUT2D eigenvalue weighted by molar-refractivity contribution is 6.63. The molecule has 1 N–H and O–H groups in total. The Bertz CT molecular complexity index is 161. The van der Waals surface area contributed by atoms with Crippen LogP contribution in [0.3, 0.4) is 0 Å². The van der Waals surface area contributed by atoms with Crippen molar-refractivity contribution in [1.82, 2.24) is 5.32 Å². The quantitative estimate of drug-likeness (QED) is 0.504. The average molecular weight is 178 g/mol. The lowest BCUT2D eigenvalue weighted by molar-refractivity contribution is -0.114. The molecule has 0 aliphatic rings. The molecule has 3 nitrogen and oxygen atoms in total. The Morgan fingerprint density at radius 2 is 2.27 bits per heavy atom. The van der Waals surface area contributed by atoms with Gasteiger partial charge in [0.2, 0.25) is 11.7 Å². The normalized spacial score (nSPS) is 15.2. The van der Waals surface area contributed by atoms with Crippen LogP contribution in [-0.4, -0.2) is 17.2 Å². The van der Waals surface area contributed by atoms with Gasteiger partial charge in [0.05, 0.1) is 0 Å². The highest BCUT2D eigenvalue weighted by Crippen LogP contribution is 2.14. The van der Waals surface area contributed by atoms with Crippen LogP contribution in [0.1, 0.15) is 26.7 Å². The molecular formula is C7H12ClNO2. The van der Waals surface area contributed by atoms with Gasteiger partial charge in [0, 0.05) is 12.0 Å². The van der Waals surface area contributed by atoms with E-state index >= 15 is 0 Å². The van der Waals surface area contributed by atoms with Crippen LogP contribution in [0, 0.1) is 0 Å². The van der Waals surface area contributed by atoms with Gasteiger partial charge in [-0.25, -0.2) is 0 Å². The third-order valence-electron chi connectivity index (χ3n) is 1.72. The highest BCUT2D eigenvalue weighted by atomic mass is 35.5. The van der Waals surface area contributed by atoms with Crippen molar-refractivity contribution in [2.45, 2.75) is 32.2 Å². The standard InChI is InChI=1S/C7H12ClNO2/c1-3-7(2,9-5-10)4-6(8)11/h5H,3-4H2,1-2H3,(H,9,10). The highest BCUT2D eigenvalue weighted by Gasteiger charge is 2.23. The summed E-state index contributed by atoms with van der Waals surface area (Å²) in [7, 11) is 0. The van der Waals surface area contributed by atoms with Gasteiger partial charge in [-0.05, 0) is 24.9 Å². The van der Waals surface area contributed by atoms with Crippen LogP contribution in [0.25, 0.3) is 0 Å². The second-order valence-corrected chi connectivity index (χ2v) is 3.13. The molecule has 0 saturated heterocycles. The maximum Gasteiger partial charge on any atom is 0.223 e. The minimum atomic E-state index is -0.486. The molecule has 0 saturated carbocycles. The summed E-state index contributed by atoms with van der Waals surface area (Å²) in [5.41, 5.74) is -0.486. The predicted molar refractivity (Wildman–Crippen MR) is 43.4 cm³/mol. The number of carbonyl (C=O) groups excluding carboxylic acids is 2. The summed E-state index contributed by atoms with van der Waals surface area (Å²) in [4.78, 5) is 20.6. The molecule has 0 spiro atoms. The Kier molecular flexibility index (Phi) is 4.11. The largest absolute Gasteiger partial charge is 0.353 e. The number of nitrogens with one attached hydrogen (secondary N) is 1. The molecule has 0 bridgehead atoms. The third-order valence-corrected chi connectivity index (χ3v) is 1.85. The van der Waals surface area contributed by atoms with Crippen LogP contribution in [0.2, 0.25) is 0 Å². The summed E-state index contributed by atoms with van der Waals surface area (Å²) in [5.74, 6) is 0. The van der Waals surface area contributed by atoms with Crippen molar-refractivity contribution in [3.63, 3.8) is 0 Å². The minimum Gasteiger partial charge on any atom is -0.353 e. The number of carbonyl (C=O) groups is 2. The molecule has 4 heteroatoms. The molecule has 1 unspecified atom stereocenters. The summed E-state index contributed by atoms with van der Waals surface area (Å²) in [6.07, 6.45) is 1.44. The summed E-state index contributed by atoms with van der Waals surface area (Å²) < 4.78 is 0. The molecule has 1 atom stereocenters. The van der Waals surface area contributed by atoms with E-state index in [-0.39, 0.29) is 6.42 Å². The number of rotatable bonds is 5. The number of halogens is 1. The van der Waals surface area contributed by atoms with Gasteiger partial charge in [-0.2, -0.15) is 0 Å². The van der Waals surface area contributed by atoms with E-state index in [0.717, 1.165) is 0 Å². The fourth-order valence-corrected chi connectivity index (χ4v) is 1.02. The van der Waals surface area contributed by atoms with Crippen LogP contribution >= 0.6 is 11.6 Å². The lowest BCUT2D eigenvalue weighted by Gasteiger charge is -2.25. The smallest absolute Gasteiger partial charge is 0.223 e. The van der Waals surface area contributed by atoms with Gasteiger partial charge in [-0.1, -0.05) is 6.92 Å². The lowest BCUT2D eigenvalue weighted by atomic mass is 9.96. The summed E-state index contributed by atoms with van der Waals surface area (Å²) in [5, 5.41) is 2.13. The molecule has 0 aromatic rings. The van der Waals surface area contributed by atoms with Crippen LogP contribution in [0.15, 0.2) is 0 Å². The molecule has 0 aromatic heterocycles. The molecule has 64 valence electrons. The van der Waals surface area contributed by atoms with Gasteiger partial charge >= 0.3 is 0 Å². The molecule has 0 heterocycles. The van der Waals surface area contributed by atoms with Crippen molar-refractivity contribution < 1.29 is 9.59 Å². The molecular weight excluding hydrogens is 166 g/mol. The maximum absolute atomic E-state index is 10.5. The van der Waals surface area contributed by atoms with E-state index in [4.69, 9.17) is 11.6 Å². The van der Waals surface area contributed by atoms with Crippen molar-refractivity contribution in [2.24, 2.45) is 0 Å². The molecule has 0 aromatic carbocycles.